The average molecular weight is 271 g/mol. The Balaban J connectivity index is 1.74. The highest BCUT2D eigenvalue weighted by Crippen LogP contribution is 2.22. The monoisotopic (exact) mass is 271 g/mol. The van der Waals surface area contributed by atoms with Crippen LogP contribution < -0.4 is 10.2 Å². The maximum absolute atomic E-state index is 4.38. The Morgan fingerprint density at radius 1 is 1.59 bits per heavy atom. The Morgan fingerprint density at radius 3 is 2.94 bits per heavy atom. The first-order chi connectivity index (χ1) is 8.29. The fourth-order valence-corrected chi connectivity index (χ4v) is 3.60. The van der Waals surface area contributed by atoms with Crippen LogP contribution in [0.1, 0.15) is 19.8 Å². The van der Waals surface area contributed by atoms with Crippen molar-refractivity contribution in [2.24, 2.45) is 0 Å². The normalized spacial score (nSPS) is 19.5. The van der Waals surface area contributed by atoms with Crippen molar-refractivity contribution < 1.29 is 0 Å². The number of thioether (sulfide) groups is 1. The minimum atomic E-state index is 0.626. The Morgan fingerprint density at radius 2 is 2.35 bits per heavy atom. The number of hydrogen-bond acceptors (Lipinski definition) is 5. The molecule has 2 rings (SSSR count). The Labute approximate surface area is 112 Å². The third kappa shape index (κ3) is 3.86. The lowest BCUT2D eigenvalue weighted by atomic mass is 10.0. The zero-order chi connectivity index (χ0) is 12.1. The van der Waals surface area contributed by atoms with Gasteiger partial charge in [0.15, 0.2) is 5.13 Å². The maximum Gasteiger partial charge on any atom is 0.185 e. The van der Waals surface area contributed by atoms with Crippen LogP contribution in [0, 0.1) is 0 Å². The summed E-state index contributed by atoms with van der Waals surface area (Å²) in [6.07, 6.45) is 6.53. The summed E-state index contributed by atoms with van der Waals surface area (Å²) in [7, 11) is 0. The molecule has 1 atom stereocenters. The van der Waals surface area contributed by atoms with Gasteiger partial charge in [-0.15, -0.1) is 11.3 Å². The molecule has 0 saturated carbocycles. The van der Waals surface area contributed by atoms with E-state index in [0.717, 1.165) is 13.1 Å². The number of rotatable bonds is 5. The second-order valence-electron chi connectivity index (χ2n) is 4.60. The molecule has 1 aliphatic rings. The van der Waals surface area contributed by atoms with E-state index in [1.165, 1.54) is 23.7 Å². The molecule has 17 heavy (non-hydrogen) atoms. The van der Waals surface area contributed by atoms with E-state index in [0.29, 0.717) is 12.1 Å². The third-order valence-corrected chi connectivity index (χ3v) is 4.79. The summed E-state index contributed by atoms with van der Waals surface area (Å²) in [5.74, 6) is 1.20. The average Bonchev–Trinajstić information content (AvgIpc) is 2.84. The largest absolute Gasteiger partial charge is 0.348 e. The molecule has 5 heteroatoms. The molecule has 1 N–H and O–H groups in total. The lowest BCUT2D eigenvalue weighted by Crippen LogP contribution is -2.46. The molecule has 0 radical (unpaired) electrons. The quantitative estimate of drug-likeness (QED) is 0.890. The highest BCUT2D eigenvalue weighted by atomic mass is 32.2. The SMILES string of the molecule is CSC[C@H](C)NC1CCN(c2nccs2)CC1. The first-order valence-electron chi connectivity index (χ1n) is 6.19. The van der Waals surface area contributed by atoms with Crippen molar-refractivity contribution in [3.8, 4) is 0 Å². The van der Waals surface area contributed by atoms with Crippen LogP contribution in [0.2, 0.25) is 0 Å². The smallest absolute Gasteiger partial charge is 0.185 e. The van der Waals surface area contributed by atoms with E-state index in [1.807, 2.05) is 18.0 Å². The summed E-state index contributed by atoms with van der Waals surface area (Å²) < 4.78 is 0. The van der Waals surface area contributed by atoms with Crippen LogP contribution in [0.3, 0.4) is 0 Å². The summed E-state index contributed by atoms with van der Waals surface area (Å²) in [4.78, 5) is 6.78. The number of nitrogens with one attached hydrogen (secondary N) is 1. The van der Waals surface area contributed by atoms with E-state index in [-0.39, 0.29) is 0 Å². The first-order valence-corrected chi connectivity index (χ1v) is 8.46. The van der Waals surface area contributed by atoms with Gasteiger partial charge in [-0.25, -0.2) is 4.98 Å². The number of hydrogen-bond donors (Lipinski definition) is 1. The van der Waals surface area contributed by atoms with Crippen LogP contribution >= 0.6 is 23.1 Å². The van der Waals surface area contributed by atoms with E-state index >= 15 is 0 Å². The van der Waals surface area contributed by atoms with Gasteiger partial charge in [-0.3, -0.25) is 0 Å². The molecule has 1 aromatic rings. The summed E-state index contributed by atoms with van der Waals surface area (Å²) in [6, 6.07) is 1.31. The Hall–Kier alpha value is -0.260. The summed E-state index contributed by atoms with van der Waals surface area (Å²) in [6.45, 7) is 4.55. The number of nitrogens with zero attached hydrogens (tertiary/aromatic N) is 2. The van der Waals surface area contributed by atoms with Crippen LogP contribution in [0.5, 0.6) is 0 Å². The maximum atomic E-state index is 4.38. The number of thiazole rings is 1. The van der Waals surface area contributed by atoms with Crippen LogP contribution in [-0.4, -0.2) is 42.2 Å². The number of anilines is 1. The molecule has 1 fully saturated rings. The van der Waals surface area contributed by atoms with Crippen molar-refractivity contribution >= 4 is 28.2 Å². The molecule has 1 aliphatic heterocycles. The Kier molecular flexibility index (Phi) is 5.13. The minimum absolute atomic E-state index is 0.626. The summed E-state index contributed by atoms with van der Waals surface area (Å²) in [5, 5.41) is 6.96. The van der Waals surface area contributed by atoms with Gasteiger partial charge >= 0.3 is 0 Å². The van der Waals surface area contributed by atoms with Gasteiger partial charge in [-0.2, -0.15) is 11.8 Å². The molecule has 1 aromatic heterocycles. The van der Waals surface area contributed by atoms with Crippen molar-refractivity contribution in [2.45, 2.75) is 31.8 Å². The van der Waals surface area contributed by atoms with Crippen LogP contribution in [0.4, 0.5) is 5.13 Å². The number of piperidine rings is 1. The van der Waals surface area contributed by atoms with Crippen molar-refractivity contribution in [3.63, 3.8) is 0 Å². The third-order valence-electron chi connectivity index (χ3n) is 3.12. The molecular formula is C12H21N3S2. The van der Waals surface area contributed by atoms with E-state index < -0.39 is 0 Å². The van der Waals surface area contributed by atoms with Gasteiger partial charge in [0.05, 0.1) is 0 Å². The molecule has 1 saturated heterocycles. The highest BCUT2D eigenvalue weighted by Gasteiger charge is 2.21. The van der Waals surface area contributed by atoms with Gasteiger partial charge < -0.3 is 10.2 Å². The molecule has 3 nitrogen and oxygen atoms in total. The van der Waals surface area contributed by atoms with Crippen molar-refractivity contribution in [3.05, 3.63) is 11.6 Å². The molecule has 2 heterocycles. The Bertz CT molecular complexity index is 308. The molecule has 0 bridgehead atoms. The van der Waals surface area contributed by atoms with Crippen molar-refractivity contribution in [1.82, 2.24) is 10.3 Å². The van der Waals surface area contributed by atoms with Crippen molar-refractivity contribution in [1.29, 1.82) is 0 Å². The molecule has 96 valence electrons. The van der Waals surface area contributed by atoms with Gasteiger partial charge in [0.1, 0.15) is 0 Å². The van der Waals surface area contributed by atoms with Gasteiger partial charge in [0.25, 0.3) is 0 Å². The fraction of sp³-hybridized carbons (Fsp3) is 0.750. The first kappa shape index (κ1) is 13.2. The second-order valence-corrected chi connectivity index (χ2v) is 6.38. The summed E-state index contributed by atoms with van der Waals surface area (Å²) >= 11 is 3.66. The molecule has 0 aliphatic carbocycles. The van der Waals surface area contributed by atoms with Crippen LogP contribution in [-0.2, 0) is 0 Å². The molecule has 0 aromatic carbocycles. The zero-order valence-corrected chi connectivity index (χ0v) is 12.2. The van der Waals surface area contributed by atoms with Gasteiger partial charge in [0, 0.05) is 42.5 Å². The number of aromatic nitrogens is 1. The predicted molar refractivity (Wildman–Crippen MR) is 78.3 cm³/mol. The topological polar surface area (TPSA) is 28.2 Å². The zero-order valence-electron chi connectivity index (χ0n) is 10.6. The minimum Gasteiger partial charge on any atom is -0.348 e. The van der Waals surface area contributed by atoms with E-state index in [4.69, 9.17) is 0 Å². The van der Waals surface area contributed by atoms with E-state index in [1.54, 1.807) is 11.3 Å². The van der Waals surface area contributed by atoms with E-state index in [9.17, 15) is 0 Å². The van der Waals surface area contributed by atoms with Gasteiger partial charge in [-0.1, -0.05) is 0 Å². The molecule has 0 unspecified atom stereocenters. The van der Waals surface area contributed by atoms with Gasteiger partial charge in [-0.05, 0) is 26.0 Å². The van der Waals surface area contributed by atoms with Crippen molar-refractivity contribution in [2.75, 3.05) is 30.0 Å². The molecule has 0 spiro atoms. The lowest BCUT2D eigenvalue weighted by Gasteiger charge is -2.33. The fourth-order valence-electron chi connectivity index (χ4n) is 2.31. The van der Waals surface area contributed by atoms with Gasteiger partial charge in [0.2, 0.25) is 0 Å². The highest BCUT2D eigenvalue weighted by molar-refractivity contribution is 7.98. The van der Waals surface area contributed by atoms with Crippen LogP contribution in [0.15, 0.2) is 11.6 Å². The lowest BCUT2D eigenvalue weighted by molar-refractivity contribution is 0.389. The van der Waals surface area contributed by atoms with Crippen LogP contribution in [0.25, 0.3) is 0 Å². The second kappa shape index (κ2) is 6.61. The molecular weight excluding hydrogens is 250 g/mol. The summed E-state index contributed by atoms with van der Waals surface area (Å²) in [5.41, 5.74) is 0. The standard InChI is InChI=1S/C12H21N3S2/c1-10(9-16-2)14-11-3-6-15(7-4-11)12-13-5-8-17-12/h5,8,10-11,14H,3-4,6-7,9H2,1-2H3/t10-/m0/s1. The molecule has 0 amide bonds. The van der Waals surface area contributed by atoms with E-state index in [2.05, 4.69) is 33.8 Å². The predicted octanol–water partition coefficient (Wildman–Crippen LogP) is 2.45.